The highest BCUT2D eigenvalue weighted by Crippen LogP contribution is 2.34. The number of amides is 2. The zero-order chi connectivity index (χ0) is 13.9. The number of allylic oxidation sites excluding steroid dienone is 2. The van der Waals surface area contributed by atoms with Crippen LogP contribution in [0.1, 0.15) is 19.3 Å². The number of imide groups is 1. The van der Waals surface area contributed by atoms with E-state index in [9.17, 15) is 9.59 Å². The van der Waals surface area contributed by atoms with Crippen LogP contribution < -0.4 is 0 Å². The molecule has 0 unspecified atom stereocenters. The number of hydrogen-bond acceptors (Lipinski definition) is 4. The van der Waals surface area contributed by atoms with Gasteiger partial charge in [-0.05, 0) is 19.3 Å². The maximum absolute atomic E-state index is 12.3. The van der Waals surface area contributed by atoms with Crippen LogP contribution in [0.15, 0.2) is 12.2 Å². The first-order valence-corrected chi connectivity index (χ1v) is 7.57. The zero-order valence-corrected chi connectivity index (χ0v) is 11.8. The minimum absolute atomic E-state index is 0.0475. The number of carbonyl (C=O) groups is 2. The van der Waals surface area contributed by atoms with Crippen molar-refractivity contribution in [3.63, 3.8) is 0 Å². The van der Waals surface area contributed by atoms with Crippen LogP contribution in [-0.4, -0.2) is 61.0 Å². The smallest absolute Gasteiger partial charge is 0.233 e. The summed E-state index contributed by atoms with van der Waals surface area (Å²) in [6, 6.07) is 0. The summed E-state index contributed by atoms with van der Waals surface area (Å²) in [5, 5.41) is 0. The van der Waals surface area contributed by atoms with E-state index in [1.165, 1.54) is 4.90 Å². The lowest BCUT2D eigenvalue weighted by Gasteiger charge is -2.27. The van der Waals surface area contributed by atoms with Crippen LogP contribution >= 0.6 is 0 Å². The summed E-state index contributed by atoms with van der Waals surface area (Å²) in [5.74, 6) is -0.0792. The van der Waals surface area contributed by atoms with E-state index in [0.29, 0.717) is 6.54 Å². The van der Waals surface area contributed by atoms with Gasteiger partial charge in [0.15, 0.2) is 0 Å². The van der Waals surface area contributed by atoms with Crippen LogP contribution in [0.2, 0.25) is 0 Å². The lowest BCUT2D eigenvalue weighted by molar-refractivity contribution is -0.140. The second-order valence-electron chi connectivity index (χ2n) is 5.79. The van der Waals surface area contributed by atoms with Gasteiger partial charge in [-0.15, -0.1) is 0 Å². The fourth-order valence-electron chi connectivity index (χ4n) is 3.37. The van der Waals surface area contributed by atoms with Gasteiger partial charge in [0, 0.05) is 26.2 Å². The molecule has 0 spiro atoms. The molecule has 0 radical (unpaired) electrons. The van der Waals surface area contributed by atoms with Crippen molar-refractivity contribution >= 4 is 11.8 Å². The molecule has 0 N–H and O–H groups in total. The first kappa shape index (κ1) is 13.8. The number of fused-ring (bicyclic) bond motifs is 1. The Labute approximate surface area is 119 Å². The van der Waals surface area contributed by atoms with Crippen LogP contribution in [0.3, 0.4) is 0 Å². The number of rotatable bonds is 4. The Hall–Kier alpha value is -1.20. The van der Waals surface area contributed by atoms with Crippen molar-refractivity contribution in [1.82, 2.24) is 9.80 Å². The summed E-state index contributed by atoms with van der Waals surface area (Å²) in [6.07, 6.45) is 6.39. The lowest BCUT2D eigenvalue weighted by Crippen LogP contribution is -2.39. The summed E-state index contributed by atoms with van der Waals surface area (Å²) in [5.41, 5.74) is 0. The largest absolute Gasteiger partial charge is 0.379 e. The Kier molecular flexibility index (Phi) is 4.17. The van der Waals surface area contributed by atoms with E-state index in [-0.39, 0.29) is 23.7 Å². The Balaban J connectivity index is 1.50. The second kappa shape index (κ2) is 6.06. The molecule has 0 aromatic carbocycles. The van der Waals surface area contributed by atoms with Gasteiger partial charge in [0.1, 0.15) is 0 Å². The van der Waals surface area contributed by atoms with Crippen molar-refractivity contribution in [2.24, 2.45) is 11.8 Å². The fraction of sp³-hybridized carbons (Fsp3) is 0.733. The fourth-order valence-corrected chi connectivity index (χ4v) is 3.37. The molecule has 5 nitrogen and oxygen atoms in total. The number of ether oxygens (including phenoxy) is 1. The molecule has 3 rings (SSSR count). The zero-order valence-electron chi connectivity index (χ0n) is 11.8. The van der Waals surface area contributed by atoms with Crippen molar-refractivity contribution in [3.8, 4) is 0 Å². The van der Waals surface area contributed by atoms with Crippen molar-refractivity contribution in [1.29, 1.82) is 0 Å². The molecule has 1 aliphatic carbocycles. The van der Waals surface area contributed by atoms with E-state index in [4.69, 9.17) is 4.74 Å². The molecule has 20 heavy (non-hydrogen) atoms. The molecule has 2 atom stereocenters. The Morgan fingerprint density at radius 2 is 1.60 bits per heavy atom. The highest BCUT2D eigenvalue weighted by atomic mass is 16.5. The van der Waals surface area contributed by atoms with Crippen molar-refractivity contribution in [2.75, 3.05) is 39.4 Å². The Bertz CT molecular complexity index is 389. The molecule has 3 aliphatic rings. The quantitative estimate of drug-likeness (QED) is 0.560. The van der Waals surface area contributed by atoms with Crippen molar-refractivity contribution < 1.29 is 14.3 Å². The molecular formula is C15H22N2O3. The Morgan fingerprint density at radius 3 is 2.20 bits per heavy atom. The molecule has 5 heteroatoms. The van der Waals surface area contributed by atoms with Gasteiger partial charge in [-0.3, -0.25) is 19.4 Å². The Morgan fingerprint density at radius 1 is 1.00 bits per heavy atom. The lowest BCUT2D eigenvalue weighted by atomic mass is 9.85. The molecule has 2 fully saturated rings. The number of carbonyl (C=O) groups excluding carboxylic acids is 2. The highest BCUT2D eigenvalue weighted by molar-refractivity contribution is 6.05. The van der Waals surface area contributed by atoms with Crippen LogP contribution in [0.4, 0.5) is 0 Å². The molecule has 0 aromatic heterocycles. The van der Waals surface area contributed by atoms with Crippen molar-refractivity contribution in [2.45, 2.75) is 19.3 Å². The molecule has 2 aliphatic heterocycles. The summed E-state index contributed by atoms with van der Waals surface area (Å²) in [4.78, 5) is 28.4. The van der Waals surface area contributed by atoms with Gasteiger partial charge in [0.2, 0.25) is 11.8 Å². The van der Waals surface area contributed by atoms with Crippen molar-refractivity contribution in [3.05, 3.63) is 12.2 Å². The third-order valence-electron chi connectivity index (χ3n) is 4.56. The van der Waals surface area contributed by atoms with Gasteiger partial charge in [-0.1, -0.05) is 12.2 Å². The van der Waals surface area contributed by atoms with Gasteiger partial charge in [0.05, 0.1) is 25.0 Å². The molecule has 0 saturated carbocycles. The van der Waals surface area contributed by atoms with E-state index >= 15 is 0 Å². The normalized spacial score (nSPS) is 30.9. The topological polar surface area (TPSA) is 49.9 Å². The molecule has 2 heterocycles. The molecule has 110 valence electrons. The van der Waals surface area contributed by atoms with E-state index < -0.39 is 0 Å². The molecular weight excluding hydrogens is 256 g/mol. The summed E-state index contributed by atoms with van der Waals surface area (Å²) in [6.45, 7) is 5.00. The summed E-state index contributed by atoms with van der Waals surface area (Å²) >= 11 is 0. The van der Waals surface area contributed by atoms with Gasteiger partial charge in [-0.25, -0.2) is 0 Å². The predicted octanol–water partition coefficient (Wildman–Crippen LogP) is 0.660. The molecule has 2 amide bonds. The summed E-state index contributed by atoms with van der Waals surface area (Å²) < 4.78 is 5.31. The van der Waals surface area contributed by atoms with Crippen LogP contribution in [0, 0.1) is 11.8 Å². The van der Waals surface area contributed by atoms with Crippen LogP contribution in [-0.2, 0) is 14.3 Å². The first-order valence-electron chi connectivity index (χ1n) is 7.57. The molecule has 0 aromatic rings. The van der Waals surface area contributed by atoms with E-state index in [1.54, 1.807) is 0 Å². The van der Waals surface area contributed by atoms with Crippen LogP contribution in [0.5, 0.6) is 0 Å². The van der Waals surface area contributed by atoms with E-state index in [1.807, 2.05) is 12.2 Å². The third kappa shape index (κ3) is 2.65. The monoisotopic (exact) mass is 278 g/mol. The van der Waals surface area contributed by atoms with Gasteiger partial charge in [-0.2, -0.15) is 0 Å². The molecule has 2 saturated heterocycles. The van der Waals surface area contributed by atoms with Gasteiger partial charge >= 0.3 is 0 Å². The molecule has 0 bridgehead atoms. The average molecular weight is 278 g/mol. The summed E-state index contributed by atoms with van der Waals surface area (Å²) in [7, 11) is 0. The number of hydrogen-bond donors (Lipinski definition) is 0. The van der Waals surface area contributed by atoms with Gasteiger partial charge in [0.25, 0.3) is 0 Å². The average Bonchev–Trinajstić information content (AvgIpc) is 2.74. The third-order valence-corrected chi connectivity index (χ3v) is 4.56. The second-order valence-corrected chi connectivity index (χ2v) is 5.79. The van der Waals surface area contributed by atoms with Gasteiger partial charge < -0.3 is 4.74 Å². The van der Waals surface area contributed by atoms with E-state index in [2.05, 4.69) is 4.90 Å². The maximum Gasteiger partial charge on any atom is 0.233 e. The maximum atomic E-state index is 12.3. The predicted molar refractivity (Wildman–Crippen MR) is 74.0 cm³/mol. The number of likely N-dealkylation sites (tertiary alicyclic amines) is 1. The highest BCUT2D eigenvalue weighted by Gasteiger charge is 2.46. The number of morpholine rings is 1. The standard InChI is InChI=1S/C15H22N2O3/c18-14-12-4-1-2-5-13(12)15(19)17(14)7-3-6-16-8-10-20-11-9-16/h1-2,12-13H,3-11H2/t12-,13+. The number of nitrogens with zero attached hydrogens (tertiary/aromatic N) is 2. The SMILES string of the molecule is O=C1[C@H]2CC=CC[C@H]2C(=O)N1CCCN1CCOCC1. The van der Waals surface area contributed by atoms with E-state index in [0.717, 1.165) is 52.1 Å². The minimum atomic E-state index is -0.0871. The van der Waals surface area contributed by atoms with Crippen LogP contribution in [0.25, 0.3) is 0 Å². The minimum Gasteiger partial charge on any atom is -0.379 e. The first-order chi connectivity index (χ1) is 9.77.